The van der Waals surface area contributed by atoms with Crippen LogP contribution in [-0.2, 0) is 32.7 Å². The second-order valence-electron chi connectivity index (χ2n) is 15.8. The molecule has 0 aromatic heterocycles. The molecule has 3 unspecified atom stereocenters. The molecule has 17 heteroatoms. The third kappa shape index (κ3) is 26.9. The molecule has 1 aliphatic rings. The summed E-state index contributed by atoms with van der Waals surface area (Å²) in [6.07, 6.45) is 16.2. The Morgan fingerprint density at radius 1 is 0.597 bits per heavy atom. The van der Waals surface area contributed by atoms with Crippen LogP contribution < -0.4 is 0 Å². The minimum Gasteiger partial charge on any atom is -0.462 e. The second kappa shape index (κ2) is 34.8. The fourth-order valence-electron chi connectivity index (χ4n) is 6.37. The summed E-state index contributed by atoms with van der Waals surface area (Å²) in [6.45, 7) is 2.86. The van der Waals surface area contributed by atoms with Crippen LogP contribution in [0.2, 0.25) is 0 Å². The number of aliphatic hydroxyl groups excluding tert-OH is 8. The number of allylic oxidation sites excluding steroid dienone is 8. The van der Waals surface area contributed by atoms with Crippen LogP contribution in [0.4, 0.5) is 0 Å². The van der Waals surface area contributed by atoms with E-state index in [1.807, 2.05) is 0 Å². The van der Waals surface area contributed by atoms with E-state index in [-0.39, 0.29) is 25.7 Å². The Kier molecular flexibility index (Phi) is 32.2. The highest BCUT2D eigenvalue weighted by Gasteiger charge is 2.51. The number of esters is 2. The fourth-order valence-corrected chi connectivity index (χ4v) is 7.34. The molecule has 11 atom stereocenters. The van der Waals surface area contributed by atoms with Gasteiger partial charge in [-0.25, -0.2) is 4.57 Å². The van der Waals surface area contributed by atoms with Gasteiger partial charge in [-0.05, 0) is 51.4 Å². The summed E-state index contributed by atoms with van der Waals surface area (Å²) >= 11 is 0. The van der Waals surface area contributed by atoms with Crippen LogP contribution in [0.25, 0.3) is 0 Å². The molecule has 0 amide bonds. The maximum atomic E-state index is 12.8. The third-order valence-electron chi connectivity index (χ3n) is 10.2. The van der Waals surface area contributed by atoms with E-state index in [1.165, 1.54) is 31.8 Å². The molecule has 1 saturated carbocycles. The van der Waals surface area contributed by atoms with Crippen molar-refractivity contribution in [2.75, 3.05) is 13.2 Å². The molecule has 0 heterocycles. The van der Waals surface area contributed by atoms with Gasteiger partial charge in [-0.3, -0.25) is 18.6 Å². The Labute approximate surface area is 368 Å². The first-order valence-electron chi connectivity index (χ1n) is 22.4. The molecule has 62 heavy (non-hydrogen) atoms. The number of phosphoric acid groups is 1. The maximum Gasteiger partial charge on any atom is 0.472 e. The summed E-state index contributed by atoms with van der Waals surface area (Å²) in [6, 6.07) is 0. The van der Waals surface area contributed by atoms with Gasteiger partial charge < -0.3 is 55.2 Å². The van der Waals surface area contributed by atoms with Crippen LogP contribution in [0.15, 0.2) is 60.8 Å². The van der Waals surface area contributed by atoms with Crippen LogP contribution in [0, 0.1) is 0 Å². The lowest BCUT2D eigenvalue weighted by Gasteiger charge is -2.41. The molecule has 1 aliphatic carbocycles. The summed E-state index contributed by atoms with van der Waals surface area (Å²) in [5.74, 6) is -1.45. The minimum absolute atomic E-state index is 0.000296. The molecule has 0 spiro atoms. The number of phosphoric ester groups is 1. The van der Waals surface area contributed by atoms with Gasteiger partial charge >= 0.3 is 19.8 Å². The van der Waals surface area contributed by atoms with E-state index >= 15 is 0 Å². The van der Waals surface area contributed by atoms with E-state index in [0.29, 0.717) is 12.8 Å². The number of rotatable bonds is 35. The van der Waals surface area contributed by atoms with Crippen LogP contribution >= 0.6 is 7.82 Å². The van der Waals surface area contributed by atoms with Crippen molar-refractivity contribution in [3.63, 3.8) is 0 Å². The highest BCUT2D eigenvalue weighted by Crippen LogP contribution is 2.47. The average molecular weight is 905 g/mol. The number of aliphatic hydroxyl groups is 8. The van der Waals surface area contributed by atoms with E-state index in [4.69, 9.17) is 18.5 Å². The van der Waals surface area contributed by atoms with Crippen molar-refractivity contribution in [3.05, 3.63) is 60.8 Å². The number of ether oxygens (including phenoxy) is 2. The molecule has 0 aromatic carbocycles. The average Bonchev–Trinajstić information content (AvgIpc) is 3.24. The molecule has 0 aromatic rings. The van der Waals surface area contributed by atoms with Crippen molar-refractivity contribution in [1.82, 2.24) is 0 Å². The predicted molar refractivity (Wildman–Crippen MR) is 234 cm³/mol. The molecule has 1 rings (SSSR count). The van der Waals surface area contributed by atoms with E-state index in [1.54, 1.807) is 42.5 Å². The standard InChI is InChI=1S/C45H77O16P/c1-3-5-7-8-9-10-11-12-13-14-15-20-24-30-38(49)58-32-35(33-59-62(56,57)61-45-43(54)41(52)40(51)42(53)44(45)55)60-39(50)31-25-29-37(48)36(47)28-23-19-17-16-18-22-27-34(46)26-21-6-4-2/h10-11,16-19,22-23,27-28,34-37,40-48,51-55H,3-9,12-15,20-21,24-26,29-33H2,1-2H3,(H,56,57)/b11-10-,18-16-,19-17+,27-22+,28-23+/t34-,35+,36-,37-,40?,41-,42+,43+,44+,45?/m0/s1. The zero-order valence-corrected chi connectivity index (χ0v) is 37.6. The number of carbonyl (C=O) groups is 2. The lowest BCUT2D eigenvalue weighted by atomic mass is 9.85. The van der Waals surface area contributed by atoms with Crippen molar-refractivity contribution in [2.24, 2.45) is 0 Å². The quantitative estimate of drug-likeness (QED) is 0.0132. The SMILES string of the molecule is CCCCCC/C=C\CCCCCCCC(=O)OC[C@H](COP(=O)(O)OC1[C@H](O)[C@H](O)C(O)[C@H](O)[C@H]1O)OC(=O)CCC[C@H](O)[C@@H](O)/C=C/C=C/C=C\C=C\[C@@H](O)CCCCC. The van der Waals surface area contributed by atoms with Gasteiger partial charge in [0.1, 0.15) is 43.2 Å². The van der Waals surface area contributed by atoms with Crippen molar-refractivity contribution in [3.8, 4) is 0 Å². The highest BCUT2D eigenvalue weighted by atomic mass is 31.2. The predicted octanol–water partition coefficient (Wildman–Crippen LogP) is 5.08. The van der Waals surface area contributed by atoms with Gasteiger partial charge in [-0.1, -0.05) is 132 Å². The van der Waals surface area contributed by atoms with Crippen molar-refractivity contribution in [2.45, 2.75) is 197 Å². The fraction of sp³-hybridized carbons (Fsp3) is 0.733. The molecule has 16 nitrogen and oxygen atoms in total. The number of hydrogen-bond acceptors (Lipinski definition) is 15. The Morgan fingerprint density at radius 2 is 1.11 bits per heavy atom. The molecular weight excluding hydrogens is 827 g/mol. The summed E-state index contributed by atoms with van der Waals surface area (Å²) in [5, 5.41) is 80.7. The molecule has 358 valence electrons. The number of unbranched alkanes of at least 4 members (excludes halogenated alkanes) is 11. The summed E-state index contributed by atoms with van der Waals surface area (Å²) in [5.41, 5.74) is 0. The van der Waals surface area contributed by atoms with Gasteiger partial charge in [0.15, 0.2) is 6.10 Å². The van der Waals surface area contributed by atoms with E-state index < -0.39 is 94.0 Å². The van der Waals surface area contributed by atoms with Gasteiger partial charge in [-0.15, -0.1) is 0 Å². The van der Waals surface area contributed by atoms with Crippen LogP contribution in [0.1, 0.15) is 136 Å². The molecule has 9 N–H and O–H groups in total. The Balaban J connectivity index is 2.65. The largest absolute Gasteiger partial charge is 0.472 e. The smallest absolute Gasteiger partial charge is 0.462 e. The first kappa shape index (κ1) is 57.4. The first-order valence-corrected chi connectivity index (χ1v) is 23.9. The van der Waals surface area contributed by atoms with E-state index in [2.05, 4.69) is 26.0 Å². The van der Waals surface area contributed by atoms with Gasteiger partial charge in [0, 0.05) is 12.8 Å². The van der Waals surface area contributed by atoms with Crippen LogP contribution in [-0.4, -0.2) is 132 Å². The topological polar surface area (TPSA) is 270 Å². The molecule has 0 radical (unpaired) electrons. The van der Waals surface area contributed by atoms with Crippen LogP contribution in [0.5, 0.6) is 0 Å². The van der Waals surface area contributed by atoms with E-state index in [9.17, 15) is 59.9 Å². The highest BCUT2D eigenvalue weighted by molar-refractivity contribution is 7.47. The Hall–Kier alpha value is -2.57. The number of carbonyl (C=O) groups excluding carboxylic acids is 2. The van der Waals surface area contributed by atoms with Crippen molar-refractivity contribution in [1.29, 1.82) is 0 Å². The minimum atomic E-state index is -5.22. The zero-order valence-electron chi connectivity index (χ0n) is 36.7. The normalized spacial score (nSPS) is 24.0. The molecule has 1 fully saturated rings. The molecule has 0 saturated heterocycles. The molecule has 0 aliphatic heterocycles. The second-order valence-corrected chi connectivity index (χ2v) is 17.2. The summed E-state index contributed by atoms with van der Waals surface area (Å²) < 4.78 is 33.2. The van der Waals surface area contributed by atoms with Crippen molar-refractivity contribution >= 4 is 19.8 Å². The van der Waals surface area contributed by atoms with Gasteiger partial charge in [-0.2, -0.15) is 0 Å². The Morgan fingerprint density at radius 3 is 1.74 bits per heavy atom. The van der Waals surface area contributed by atoms with Gasteiger partial charge in [0.25, 0.3) is 0 Å². The summed E-state index contributed by atoms with van der Waals surface area (Å²) in [4.78, 5) is 35.7. The summed E-state index contributed by atoms with van der Waals surface area (Å²) in [7, 11) is -5.22. The number of hydrogen-bond donors (Lipinski definition) is 9. The van der Waals surface area contributed by atoms with Crippen LogP contribution in [0.3, 0.4) is 0 Å². The van der Waals surface area contributed by atoms with Gasteiger partial charge in [0.05, 0.1) is 24.9 Å². The zero-order chi connectivity index (χ0) is 46.2. The lowest BCUT2D eigenvalue weighted by molar-refractivity contribution is -0.220. The third-order valence-corrected chi connectivity index (χ3v) is 11.2. The Bertz CT molecular complexity index is 1370. The monoisotopic (exact) mass is 904 g/mol. The maximum absolute atomic E-state index is 12.8. The van der Waals surface area contributed by atoms with E-state index in [0.717, 1.165) is 57.8 Å². The first-order chi connectivity index (χ1) is 29.6. The lowest BCUT2D eigenvalue weighted by Crippen LogP contribution is -2.64. The van der Waals surface area contributed by atoms with Crippen molar-refractivity contribution < 1.29 is 78.4 Å². The molecular formula is C45H77O16P. The molecule has 0 bridgehead atoms. The van der Waals surface area contributed by atoms with Gasteiger partial charge in [0.2, 0.25) is 0 Å².